The number of hydrogen-bond donors (Lipinski definition) is 2. The third kappa shape index (κ3) is 3.42. The number of esters is 1. The first-order valence-electron chi connectivity index (χ1n) is 5.48. The number of rotatable bonds is 3. The Balaban J connectivity index is 3.14. The second kappa shape index (κ2) is 5.14. The molecule has 0 unspecified atom stereocenters. The first-order valence-corrected chi connectivity index (χ1v) is 5.48. The van der Waals surface area contributed by atoms with Crippen LogP contribution in [0, 0.1) is 0 Å². The van der Waals surface area contributed by atoms with E-state index in [1.165, 1.54) is 0 Å². The quantitative estimate of drug-likeness (QED) is 0.780. The van der Waals surface area contributed by atoms with Gasteiger partial charge in [-0.3, -0.25) is 0 Å². The zero-order chi connectivity index (χ0) is 13.1. The number of nitrogens with two attached hydrogens (primary N) is 1. The van der Waals surface area contributed by atoms with Crippen LogP contribution in [0.5, 0.6) is 0 Å². The van der Waals surface area contributed by atoms with E-state index < -0.39 is 11.6 Å². The van der Waals surface area contributed by atoms with Crippen LogP contribution in [-0.4, -0.2) is 23.6 Å². The number of ether oxygens (including phenoxy) is 1. The molecule has 94 valence electrons. The summed E-state index contributed by atoms with van der Waals surface area (Å²) < 4.78 is 5.33. The zero-order valence-electron chi connectivity index (χ0n) is 10.7. The number of carbonyl (C=O) groups excluding carboxylic acids is 1. The Morgan fingerprint density at radius 3 is 2.65 bits per heavy atom. The molecule has 0 aliphatic carbocycles. The monoisotopic (exact) mass is 237 g/mol. The molecular weight excluding hydrogens is 218 g/mol. The Morgan fingerprint density at radius 2 is 2.18 bits per heavy atom. The van der Waals surface area contributed by atoms with Crippen molar-refractivity contribution >= 4 is 11.8 Å². The Bertz CT molecular complexity index is 388. The molecule has 0 aromatic carbocycles. The van der Waals surface area contributed by atoms with E-state index in [0.717, 1.165) is 5.56 Å². The lowest BCUT2D eigenvalue weighted by Crippen LogP contribution is -2.25. The van der Waals surface area contributed by atoms with Crippen molar-refractivity contribution in [3.63, 3.8) is 0 Å². The van der Waals surface area contributed by atoms with Crippen molar-refractivity contribution in [1.29, 1.82) is 0 Å². The molecule has 0 amide bonds. The maximum atomic E-state index is 12.1. The van der Waals surface area contributed by atoms with Gasteiger partial charge in [0.1, 0.15) is 17.0 Å². The maximum absolute atomic E-state index is 12.1. The van der Waals surface area contributed by atoms with E-state index >= 15 is 0 Å². The summed E-state index contributed by atoms with van der Waals surface area (Å²) in [4.78, 5) is 16.2. The summed E-state index contributed by atoms with van der Waals surface area (Å²) in [5, 5.41) is 2.87. The molecule has 1 heterocycles. The van der Waals surface area contributed by atoms with E-state index in [-0.39, 0.29) is 6.54 Å². The average molecular weight is 237 g/mol. The fourth-order valence-corrected chi connectivity index (χ4v) is 1.42. The third-order valence-corrected chi connectivity index (χ3v) is 2.10. The fourth-order valence-electron chi connectivity index (χ4n) is 1.42. The van der Waals surface area contributed by atoms with Gasteiger partial charge in [-0.15, -0.1) is 0 Å². The predicted molar refractivity (Wildman–Crippen MR) is 66.8 cm³/mol. The first-order chi connectivity index (χ1) is 7.89. The van der Waals surface area contributed by atoms with Crippen LogP contribution in [0.15, 0.2) is 12.3 Å². The highest BCUT2D eigenvalue weighted by Gasteiger charge is 2.23. The molecular formula is C12H19N3O2. The molecule has 0 atom stereocenters. The highest BCUT2D eigenvalue weighted by atomic mass is 16.6. The fraction of sp³-hybridized carbons (Fsp3) is 0.500. The highest BCUT2D eigenvalue weighted by molar-refractivity contribution is 5.96. The molecule has 1 aromatic rings. The molecule has 0 spiro atoms. The van der Waals surface area contributed by atoms with Crippen molar-refractivity contribution in [1.82, 2.24) is 4.98 Å². The maximum Gasteiger partial charge on any atom is 0.342 e. The molecule has 5 nitrogen and oxygen atoms in total. The van der Waals surface area contributed by atoms with Crippen LogP contribution >= 0.6 is 0 Å². The zero-order valence-corrected chi connectivity index (χ0v) is 10.7. The van der Waals surface area contributed by atoms with Crippen LogP contribution in [-0.2, 0) is 11.3 Å². The Kier molecular flexibility index (Phi) is 4.07. The average Bonchev–Trinajstić information content (AvgIpc) is 2.25. The van der Waals surface area contributed by atoms with Gasteiger partial charge in [-0.2, -0.15) is 0 Å². The van der Waals surface area contributed by atoms with Crippen molar-refractivity contribution in [3.05, 3.63) is 23.4 Å². The largest absolute Gasteiger partial charge is 0.456 e. The van der Waals surface area contributed by atoms with Crippen molar-refractivity contribution in [2.45, 2.75) is 32.9 Å². The molecule has 17 heavy (non-hydrogen) atoms. The number of nitrogens with one attached hydrogen (secondary N) is 1. The topological polar surface area (TPSA) is 77.2 Å². The molecule has 1 aromatic heterocycles. The summed E-state index contributed by atoms with van der Waals surface area (Å²) in [5.41, 5.74) is 6.21. The van der Waals surface area contributed by atoms with E-state index in [1.807, 2.05) is 20.8 Å². The standard InChI is InChI=1S/C12H19N3O2/c1-12(2,3)17-11(16)9-8(7-13)5-6-15-10(9)14-4/h5-6H,7,13H2,1-4H3,(H,14,15). The number of aromatic nitrogens is 1. The highest BCUT2D eigenvalue weighted by Crippen LogP contribution is 2.20. The Labute approximate surface area is 101 Å². The molecule has 0 aliphatic heterocycles. The molecule has 0 bridgehead atoms. The summed E-state index contributed by atoms with van der Waals surface area (Å²) in [6, 6.07) is 1.72. The van der Waals surface area contributed by atoms with Crippen LogP contribution in [0.25, 0.3) is 0 Å². The van der Waals surface area contributed by atoms with Crippen LogP contribution < -0.4 is 11.1 Å². The predicted octanol–water partition coefficient (Wildman–Crippen LogP) is 1.54. The minimum atomic E-state index is -0.538. The third-order valence-electron chi connectivity index (χ3n) is 2.10. The normalized spacial score (nSPS) is 11.1. The van der Waals surface area contributed by atoms with Crippen molar-refractivity contribution in [3.8, 4) is 0 Å². The summed E-state index contributed by atoms with van der Waals surface area (Å²) in [6.45, 7) is 5.74. The van der Waals surface area contributed by atoms with E-state index in [0.29, 0.717) is 11.4 Å². The van der Waals surface area contributed by atoms with Gasteiger partial charge in [-0.05, 0) is 32.4 Å². The summed E-state index contributed by atoms with van der Waals surface area (Å²) in [7, 11) is 1.70. The van der Waals surface area contributed by atoms with Crippen LogP contribution in [0.1, 0.15) is 36.7 Å². The molecule has 0 fully saturated rings. The van der Waals surface area contributed by atoms with Crippen molar-refractivity contribution in [2.24, 2.45) is 5.73 Å². The lowest BCUT2D eigenvalue weighted by Gasteiger charge is -2.21. The van der Waals surface area contributed by atoms with Gasteiger partial charge in [0.2, 0.25) is 0 Å². The van der Waals surface area contributed by atoms with Gasteiger partial charge in [0.05, 0.1) is 0 Å². The van der Waals surface area contributed by atoms with E-state index in [1.54, 1.807) is 19.3 Å². The smallest absolute Gasteiger partial charge is 0.342 e. The number of nitrogens with zero attached hydrogens (tertiary/aromatic N) is 1. The van der Waals surface area contributed by atoms with Gasteiger partial charge < -0.3 is 15.8 Å². The summed E-state index contributed by atoms with van der Waals surface area (Å²) >= 11 is 0. The molecule has 5 heteroatoms. The minimum Gasteiger partial charge on any atom is -0.456 e. The van der Waals surface area contributed by atoms with Gasteiger partial charge in [0.15, 0.2) is 0 Å². The molecule has 0 saturated carbocycles. The molecule has 0 aliphatic rings. The van der Waals surface area contributed by atoms with Crippen molar-refractivity contribution < 1.29 is 9.53 Å². The van der Waals surface area contributed by atoms with Gasteiger partial charge in [0.25, 0.3) is 0 Å². The molecule has 1 rings (SSSR count). The second-order valence-corrected chi connectivity index (χ2v) is 4.65. The Hall–Kier alpha value is -1.62. The van der Waals surface area contributed by atoms with Gasteiger partial charge >= 0.3 is 5.97 Å². The second-order valence-electron chi connectivity index (χ2n) is 4.65. The minimum absolute atomic E-state index is 0.270. The number of pyridine rings is 1. The molecule has 0 radical (unpaired) electrons. The van der Waals surface area contributed by atoms with Gasteiger partial charge in [-0.25, -0.2) is 9.78 Å². The number of anilines is 1. The summed E-state index contributed by atoms with van der Waals surface area (Å²) in [5.74, 6) is 0.0811. The lowest BCUT2D eigenvalue weighted by molar-refractivity contribution is 0.00692. The first kappa shape index (κ1) is 13.4. The van der Waals surface area contributed by atoms with Crippen LogP contribution in [0.2, 0.25) is 0 Å². The Morgan fingerprint density at radius 1 is 1.53 bits per heavy atom. The van der Waals surface area contributed by atoms with E-state index in [2.05, 4.69) is 10.3 Å². The van der Waals surface area contributed by atoms with Crippen molar-refractivity contribution in [2.75, 3.05) is 12.4 Å². The molecule has 3 N–H and O–H groups in total. The number of hydrogen-bond acceptors (Lipinski definition) is 5. The SMILES string of the molecule is CNc1nccc(CN)c1C(=O)OC(C)(C)C. The van der Waals surface area contributed by atoms with Gasteiger partial charge in [0, 0.05) is 19.8 Å². The van der Waals surface area contributed by atoms with Crippen LogP contribution in [0.4, 0.5) is 5.82 Å². The van der Waals surface area contributed by atoms with Crippen LogP contribution in [0.3, 0.4) is 0 Å². The summed E-state index contributed by atoms with van der Waals surface area (Å²) in [6.07, 6.45) is 1.61. The van der Waals surface area contributed by atoms with Gasteiger partial charge in [-0.1, -0.05) is 0 Å². The lowest BCUT2D eigenvalue weighted by atomic mass is 10.1. The van der Waals surface area contributed by atoms with E-state index in [9.17, 15) is 4.79 Å². The number of carbonyl (C=O) groups is 1. The van der Waals surface area contributed by atoms with E-state index in [4.69, 9.17) is 10.5 Å². The molecule has 0 saturated heterocycles.